The minimum atomic E-state index is 0.750. The zero-order chi connectivity index (χ0) is 13.1. The molecule has 0 fully saturated rings. The first-order chi connectivity index (χ1) is 8.86. The number of nitrogens with one attached hydrogen (secondary N) is 1. The Morgan fingerprint density at radius 1 is 0.889 bits per heavy atom. The average molecular weight is 253 g/mol. The van der Waals surface area contributed by atoms with Gasteiger partial charge < -0.3 is 5.32 Å². The molecule has 0 aliphatic carbocycles. The Balaban J connectivity index is 0.000000492. The predicted octanol–water partition coefficient (Wildman–Crippen LogP) is 4.25. The maximum absolute atomic E-state index is 4.27. The van der Waals surface area contributed by atoms with Gasteiger partial charge in [-0.25, -0.2) is 4.99 Å². The molecule has 0 saturated carbocycles. The van der Waals surface area contributed by atoms with Crippen LogP contribution >= 0.6 is 0 Å². The number of rotatable bonds is 3. The van der Waals surface area contributed by atoms with Gasteiger partial charge in [-0.15, -0.1) is 0 Å². The molecule has 0 aliphatic rings. The predicted molar refractivity (Wildman–Crippen MR) is 82.1 cm³/mol. The van der Waals surface area contributed by atoms with E-state index >= 15 is 0 Å². The van der Waals surface area contributed by atoms with E-state index in [4.69, 9.17) is 0 Å². The molecule has 2 aromatic carbocycles. The van der Waals surface area contributed by atoms with Crippen molar-refractivity contribution >= 4 is 32.9 Å². The van der Waals surface area contributed by atoms with E-state index in [0.717, 1.165) is 26.6 Å². The molecule has 18 heavy (non-hydrogen) atoms. The number of benzene rings is 2. The molecular formula is C15H18AlN2+. The van der Waals surface area contributed by atoms with E-state index in [9.17, 15) is 0 Å². The summed E-state index contributed by atoms with van der Waals surface area (Å²) in [6.07, 6.45) is 1.70. The van der Waals surface area contributed by atoms with Crippen LogP contribution in [-0.4, -0.2) is 21.6 Å². The second-order valence-electron chi connectivity index (χ2n) is 3.68. The molecule has 90 valence electrons. The number of aliphatic imine (C=N–C) groups is 1. The van der Waals surface area contributed by atoms with E-state index in [0.29, 0.717) is 0 Å². The monoisotopic (exact) mass is 253 g/mol. The van der Waals surface area contributed by atoms with E-state index in [2.05, 4.69) is 21.9 Å². The van der Waals surface area contributed by atoms with Crippen molar-refractivity contribution in [2.45, 2.75) is 11.6 Å². The van der Waals surface area contributed by atoms with Crippen LogP contribution in [0, 0.1) is 0 Å². The molecule has 0 aromatic heterocycles. The molecule has 0 saturated heterocycles. The number of nitrogens with zero attached hydrogens (tertiary/aromatic N) is 1. The van der Waals surface area contributed by atoms with Crippen LogP contribution in [0.25, 0.3) is 0 Å². The quantitative estimate of drug-likeness (QED) is 0.493. The van der Waals surface area contributed by atoms with Gasteiger partial charge in [0.25, 0.3) is 0 Å². The summed E-state index contributed by atoms with van der Waals surface area (Å²) in [4.78, 5) is 4.27. The van der Waals surface area contributed by atoms with Gasteiger partial charge in [0.15, 0.2) is 0 Å². The fourth-order valence-corrected chi connectivity index (χ4v) is 1.23. The molecule has 0 spiro atoms. The molecule has 2 aromatic rings. The molecule has 2 rings (SSSR count). The molecule has 0 heterocycles. The molecule has 0 aliphatic heterocycles. The van der Waals surface area contributed by atoms with Crippen LogP contribution in [0.5, 0.6) is 0 Å². The molecule has 0 radical (unpaired) electrons. The van der Waals surface area contributed by atoms with Crippen LogP contribution in [0.1, 0.15) is 0 Å². The van der Waals surface area contributed by atoms with E-state index < -0.39 is 0 Å². The molecular weight excluding hydrogens is 235 g/mol. The molecule has 0 unspecified atom stereocenters. The first-order valence-corrected chi connectivity index (χ1v) is 8.31. The van der Waals surface area contributed by atoms with Crippen molar-refractivity contribution in [1.29, 1.82) is 0 Å². The fraction of sp³-hybridized carbons (Fsp3) is 0.133. The summed E-state index contributed by atoms with van der Waals surface area (Å²) in [5, 5.41) is 3.10. The van der Waals surface area contributed by atoms with Crippen molar-refractivity contribution in [2.24, 2.45) is 4.99 Å². The van der Waals surface area contributed by atoms with Crippen LogP contribution in [0.3, 0.4) is 0 Å². The molecule has 2 nitrogen and oxygen atoms in total. The number of hydrogen-bond donors (Lipinski definition) is 1. The molecule has 0 amide bonds. The Bertz CT molecular complexity index is 441. The summed E-state index contributed by atoms with van der Waals surface area (Å²) in [7, 11) is 0. The maximum atomic E-state index is 4.27. The first kappa shape index (κ1) is 14.5. The third-order valence-electron chi connectivity index (χ3n) is 1.97. The van der Waals surface area contributed by atoms with E-state index in [1.807, 2.05) is 60.7 Å². The van der Waals surface area contributed by atoms with Crippen LogP contribution < -0.4 is 5.32 Å². The minimum absolute atomic E-state index is 0.750. The third-order valence-corrected chi connectivity index (χ3v) is 1.97. The second kappa shape index (κ2) is 9.47. The van der Waals surface area contributed by atoms with Crippen molar-refractivity contribution in [3.05, 3.63) is 60.7 Å². The number of hydrogen-bond acceptors (Lipinski definition) is 1. The van der Waals surface area contributed by atoms with Crippen molar-refractivity contribution in [1.82, 2.24) is 0 Å². The van der Waals surface area contributed by atoms with Crippen LogP contribution in [0.15, 0.2) is 65.7 Å². The van der Waals surface area contributed by atoms with E-state index in [1.54, 1.807) is 6.34 Å². The zero-order valence-electron chi connectivity index (χ0n) is 10.9. The van der Waals surface area contributed by atoms with Gasteiger partial charge in [-0.3, -0.25) is 0 Å². The van der Waals surface area contributed by atoms with Gasteiger partial charge in [-0.05, 0) is 24.3 Å². The summed E-state index contributed by atoms with van der Waals surface area (Å²) in [6.45, 7) is 0. The summed E-state index contributed by atoms with van der Waals surface area (Å²) in [5.74, 6) is 4.42. The molecule has 0 atom stereocenters. The second-order valence-corrected chi connectivity index (χ2v) is 4.84. The Kier molecular flexibility index (Phi) is 7.63. The fourth-order valence-electron chi connectivity index (χ4n) is 1.23. The average Bonchev–Trinajstić information content (AvgIpc) is 2.42. The molecule has 0 bridgehead atoms. The topological polar surface area (TPSA) is 24.4 Å². The van der Waals surface area contributed by atoms with Gasteiger partial charge in [0, 0.05) is 5.69 Å². The summed E-state index contributed by atoms with van der Waals surface area (Å²) in [6, 6.07) is 19.8. The van der Waals surface area contributed by atoms with Gasteiger partial charge in [-0.1, -0.05) is 36.4 Å². The van der Waals surface area contributed by atoms with Crippen molar-refractivity contribution in [3.8, 4) is 0 Å². The third kappa shape index (κ3) is 6.25. The normalized spacial score (nSPS) is 9.22. The van der Waals surface area contributed by atoms with Gasteiger partial charge in [-0.2, -0.15) is 0 Å². The Morgan fingerprint density at radius 3 is 1.94 bits per heavy atom. The molecule has 3 heteroatoms. The Labute approximate surface area is 115 Å². The Morgan fingerprint density at radius 2 is 1.39 bits per heavy atom. The van der Waals surface area contributed by atoms with Crippen LogP contribution in [0.4, 0.5) is 11.4 Å². The van der Waals surface area contributed by atoms with Crippen molar-refractivity contribution < 1.29 is 0 Å². The summed E-state index contributed by atoms with van der Waals surface area (Å²) < 4.78 is 0. The van der Waals surface area contributed by atoms with Gasteiger partial charge in [0.1, 0.15) is 0 Å². The van der Waals surface area contributed by atoms with Crippen molar-refractivity contribution in [2.75, 3.05) is 5.32 Å². The van der Waals surface area contributed by atoms with Gasteiger partial charge in [0.2, 0.25) is 0 Å². The van der Waals surface area contributed by atoms with Crippen LogP contribution in [0.2, 0.25) is 11.6 Å². The van der Waals surface area contributed by atoms with E-state index in [1.165, 1.54) is 0 Å². The summed E-state index contributed by atoms with van der Waals surface area (Å²) >= 11 is 0.750. The number of anilines is 1. The Hall–Kier alpha value is -1.56. The number of para-hydroxylation sites is 2. The standard InChI is InChI=1S/C13H12N2.2CH3.Al/c1-3-7-12(8-4-1)14-11-15-13-9-5-2-6-10-13;;;/h1-11H,(H,14,15);2*1H3;/q;;;+1. The summed E-state index contributed by atoms with van der Waals surface area (Å²) in [5.41, 5.74) is 1.98. The SMILES string of the molecule is C(=Nc1ccccc1)Nc1ccccc1.[CH3][Al+][CH3]. The van der Waals surface area contributed by atoms with Gasteiger partial charge >= 0.3 is 26.8 Å². The first-order valence-electron chi connectivity index (χ1n) is 6.00. The van der Waals surface area contributed by atoms with Crippen LogP contribution in [-0.2, 0) is 0 Å². The van der Waals surface area contributed by atoms with Gasteiger partial charge in [0.05, 0.1) is 12.0 Å². The molecule has 1 N–H and O–H groups in total. The zero-order valence-corrected chi connectivity index (χ0v) is 12.0. The van der Waals surface area contributed by atoms with E-state index in [-0.39, 0.29) is 0 Å². The van der Waals surface area contributed by atoms with Crippen molar-refractivity contribution in [3.63, 3.8) is 0 Å².